The number of ketones is 1. The van der Waals surface area contributed by atoms with Crippen LogP contribution in [0.25, 0.3) is 11.1 Å². The molecule has 28 heavy (non-hydrogen) atoms. The first kappa shape index (κ1) is 18.1. The van der Waals surface area contributed by atoms with Crippen LogP contribution in [0.5, 0.6) is 11.5 Å². The smallest absolute Gasteiger partial charge is 0.419 e. The lowest BCUT2D eigenvalue weighted by Gasteiger charge is -2.11. The third-order valence-electron chi connectivity index (χ3n) is 4.36. The van der Waals surface area contributed by atoms with Gasteiger partial charge in [-0.3, -0.25) is 14.2 Å². The highest BCUT2D eigenvalue weighted by Crippen LogP contribution is 2.37. The van der Waals surface area contributed by atoms with E-state index in [0.29, 0.717) is 38.9 Å². The van der Waals surface area contributed by atoms with E-state index in [4.69, 9.17) is 25.5 Å². The van der Waals surface area contributed by atoms with Gasteiger partial charge in [0.15, 0.2) is 22.9 Å². The van der Waals surface area contributed by atoms with E-state index in [2.05, 4.69) is 5.32 Å². The predicted molar refractivity (Wildman–Crippen MR) is 101 cm³/mol. The van der Waals surface area contributed by atoms with E-state index < -0.39 is 5.76 Å². The van der Waals surface area contributed by atoms with Crippen LogP contribution in [-0.4, -0.2) is 23.1 Å². The number of hydrogen-bond acceptors (Lipinski definition) is 6. The molecule has 0 spiro atoms. The second-order valence-corrected chi connectivity index (χ2v) is 6.67. The molecular weight excluding hydrogens is 388 g/mol. The van der Waals surface area contributed by atoms with Crippen LogP contribution in [0, 0.1) is 0 Å². The van der Waals surface area contributed by atoms with Crippen molar-refractivity contribution in [3.05, 3.63) is 51.5 Å². The van der Waals surface area contributed by atoms with Gasteiger partial charge in [0.1, 0.15) is 0 Å². The highest BCUT2D eigenvalue weighted by atomic mass is 35.5. The fourth-order valence-electron chi connectivity index (χ4n) is 3.01. The Kier molecular flexibility index (Phi) is 4.56. The number of benzene rings is 2. The Bertz CT molecular complexity index is 1160. The van der Waals surface area contributed by atoms with Gasteiger partial charge in [-0.25, -0.2) is 4.79 Å². The fourth-order valence-corrected chi connectivity index (χ4v) is 3.18. The highest BCUT2D eigenvalue weighted by Gasteiger charge is 2.20. The Morgan fingerprint density at radius 1 is 1.18 bits per heavy atom. The molecule has 0 unspecified atom stereocenters. The minimum Gasteiger partial charge on any atom is -0.454 e. The predicted octanol–water partition coefficient (Wildman–Crippen LogP) is 3.21. The van der Waals surface area contributed by atoms with Crippen LogP contribution in [0.3, 0.4) is 0 Å². The van der Waals surface area contributed by atoms with Crippen molar-refractivity contribution in [2.24, 2.45) is 0 Å². The Labute approximate surface area is 163 Å². The molecule has 0 atom stereocenters. The number of rotatable bonds is 5. The average Bonchev–Trinajstić information content (AvgIpc) is 3.21. The number of oxazole rings is 1. The Morgan fingerprint density at radius 3 is 2.68 bits per heavy atom. The third-order valence-corrected chi connectivity index (χ3v) is 4.59. The van der Waals surface area contributed by atoms with E-state index in [0.717, 1.165) is 0 Å². The molecule has 0 saturated carbocycles. The molecule has 1 aromatic heterocycles. The summed E-state index contributed by atoms with van der Waals surface area (Å²) in [5.74, 6) is -0.246. The van der Waals surface area contributed by atoms with Crippen molar-refractivity contribution in [3.63, 3.8) is 0 Å². The second-order valence-electron chi connectivity index (χ2n) is 6.24. The summed E-state index contributed by atoms with van der Waals surface area (Å²) in [6.07, 6.45) is 0.00293. The zero-order valence-electron chi connectivity index (χ0n) is 14.8. The summed E-state index contributed by atoms with van der Waals surface area (Å²) in [6, 6.07) is 7.93. The number of aryl methyl sites for hydroxylation is 1. The quantitative estimate of drug-likeness (QED) is 0.658. The van der Waals surface area contributed by atoms with Crippen molar-refractivity contribution in [3.8, 4) is 11.5 Å². The van der Waals surface area contributed by atoms with Crippen molar-refractivity contribution in [1.82, 2.24) is 4.57 Å². The summed E-state index contributed by atoms with van der Waals surface area (Å²) >= 11 is 5.90. The van der Waals surface area contributed by atoms with Gasteiger partial charge in [-0.1, -0.05) is 11.6 Å². The molecule has 1 aliphatic heterocycles. The fraction of sp³-hybridized carbons (Fsp3) is 0.211. The minimum absolute atomic E-state index is 0.00293. The summed E-state index contributed by atoms with van der Waals surface area (Å²) in [7, 11) is 0. The normalized spacial score (nSPS) is 12.4. The lowest BCUT2D eigenvalue weighted by Crippen LogP contribution is -2.20. The van der Waals surface area contributed by atoms with Gasteiger partial charge in [0.25, 0.3) is 0 Å². The first-order valence-electron chi connectivity index (χ1n) is 8.45. The zero-order valence-corrected chi connectivity index (χ0v) is 15.5. The Balaban J connectivity index is 1.52. The van der Waals surface area contributed by atoms with E-state index in [9.17, 15) is 14.4 Å². The molecule has 0 radical (unpaired) electrons. The number of hydrogen-bond donors (Lipinski definition) is 1. The standard InChI is InChI=1S/C19H15ClN2O6/c1-10(23)12-7-16-17(27-9-26-16)8-13(12)21-18(24)4-5-22-14-3-2-11(20)6-15(14)28-19(22)25/h2-3,6-8H,4-5,9H2,1H3,(H,21,24). The van der Waals surface area contributed by atoms with Gasteiger partial charge < -0.3 is 19.2 Å². The summed E-state index contributed by atoms with van der Waals surface area (Å²) in [4.78, 5) is 36.4. The second kappa shape index (κ2) is 7.05. The molecule has 1 amide bonds. The van der Waals surface area contributed by atoms with Gasteiger partial charge in [0, 0.05) is 35.7 Å². The number of carbonyl (C=O) groups is 2. The zero-order chi connectivity index (χ0) is 19.8. The van der Waals surface area contributed by atoms with Crippen LogP contribution in [-0.2, 0) is 11.3 Å². The molecule has 2 aromatic carbocycles. The number of halogens is 1. The summed E-state index contributed by atoms with van der Waals surface area (Å²) < 4.78 is 17.1. The minimum atomic E-state index is -0.572. The van der Waals surface area contributed by atoms with Gasteiger partial charge in [-0.15, -0.1) is 0 Å². The number of ether oxygens (including phenoxy) is 2. The molecule has 0 aliphatic carbocycles. The molecule has 2 heterocycles. The molecule has 8 nitrogen and oxygen atoms in total. The van der Waals surface area contributed by atoms with E-state index in [1.807, 2.05) is 0 Å². The maximum atomic E-state index is 12.4. The number of nitrogens with one attached hydrogen (secondary N) is 1. The van der Waals surface area contributed by atoms with E-state index >= 15 is 0 Å². The molecule has 0 fully saturated rings. The van der Waals surface area contributed by atoms with Crippen LogP contribution in [0.4, 0.5) is 5.69 Å². The lowest BCUT2D eigenvalue weighted by molar-refractivity contribution is -0.116. The molecule has 144 valence electrons. The molecule has 1 aliphatic rings. The molecular formula is C19H15ClN2O6. The SMILES string of the molecule is CC(=O)c1cc2c(cc1NC(=O)CCn1c(=O)oc3cc(Cl)ccc31)OCO2. The van der Waals surface area contributed by atoms with Crippen molar-refractivity contribution in [1.29, 1.82) is 0 Å². The number of nitrogens with zero attached hydrogens (tertiary/aromatic N) is 1. The summed E-state index contributed by atoms with van der Waals surface area (Å²) in [6.45, 7) is 1.57. The number of anilines is 1. The van der Waals surface area contributed by atoms with Crippen LogP contribution in [0.15, 0.2) is 39.5 Å². The number of carbonyl (C=O) groups excluding carboxylic acids is 2. The van der Waals surface area contributed by atoms with Crippen molar-refractivity contribution < 1.29 is 23.5 Å². The monoisotopic (exact) mass is 402 g/mol. The molecule has 0 bridgehead atoms. The lowest BCUT2D eigenvalue weighted by atomic mass is 10.1. The van der Waals surface area contributed by atoms with Crippen molar-refractivity contribution >= 4 is 40.1 Å². The van der Waals surface area contributed by atoms with Crippen LogP contribution < -0.4 is 20.5 Å². The molecule has 0 saturated heterocycles. The van der Waals surface area contributed by atoms with Gasteiger partial charge in [-0.05, 0) is 25.1 Å². The Morgan fingerprint density at radius 2 is 1.93 bits per heavy atom. The highest BCUT2D eigenvalue weighted by molar-refractivity contribution is 6.31. The topological polar surface area (TPSA) is 99.8 Å². The molecule has 9 heteroatoms. The first-order valence-corrected chi connectivity index (χ1v) is 8.83. The summed E-state index contributed by atoms with van der Waals surface area (Å²) in [5, 5.41) is 3.15. The van der Waals surface area contributed by atoms with Gasteiger partial charge in [-0.2, -0.15) is 0 Å². The van der Waals surface area contributed by atoms with Gasteiger partial charge in [0.2, 0.25) is 12.7 Å². The maximum absolute atomic E-state index is 12.4. The van der Waals surface area contributed by atoms with Crippen LogP contribution in [0.2, 0.25) is 5.02 Å². The largest absolute Gasteiger partial charge is 0.454 e. The number of aromatic nitrogens is 1. The first-order chi connectivity index (χ1) is 13.4. The number of fused-ring (bicyclic) bond motifs is 2. The van der Waals surface area contributed by atoms with Gasteiger partial charge >= 0.3 is 5.76 Å². The molecule has 3 aromatic rings. The third kappa shape index (κ3) is 3.34. The summed E-state index contributed by atoms with van der Waals surface area (Å²) in [5.41, 5.74) is 1.55. The number of Topliss-reactive ketones (excluding diaryl/α,β-unsaturated/α-hetero) is 1. The molecule has 1 N–H and O–H groups in total. The Hall–Kier alpha value is -3.26. The van der Waals surface area contributed by atoms with Crippen molar-refractivity contribution in [2.45, 2.75) is 19.9 Å². The van der Waals surface area contributed by atoms with Crippen LogP contribution in [0.1, 0.15) is 23.7 Å². The maximum Gasteiger partial charge on any atom is 0.419 e. The average molecular weight is 403 g/mol. The van der Waals surface area contributed by atoms with E-state index in [1.165, 1.54) is 17.6 Å². The molecule has 4 rings (SSSR count). The van der Waals surface area contributed by atoms with Crippen molar-refractivity contribution in [2.75, 3.05) is 12.1 Å². The van der Waals surface area contributed by atoms with Gasteiger partial charge in [0.05, 0.1) is 11.2 Å². The van der Waals surface area contributed by atoms with E-state index in [1.54, 1.807) is 24.3 Å². The number of amides is 1. The van der Waals surface area contributed by atoms with E-state index in [-0.39, 0.29) is 31.4 Å². The van der Waals surface area contributed by atoms with Crippen LogP contribution >= 0.6 is 11.6 Å².